The van der Waals surface area contributed by atoms with Crippen LogP contribution in [-0.2, 0) is 0 Å². The molecule has 6 rings (SSSR count). The predicted molar refractivity (Wildman–Crippen MR) is 134 cm³/mol. The molecular formula is C26H26FN3O3S. The van der Waals surface area contributed by atoms with Gasteiger partial charge in [0.05, 0.1) is 26.8 Å². The zero-order chi connectivity index (χ0) is 23.4. The maximum atomic E-state index is 15.4. The van der Waals surface area contributed by atoms with Crippen molar-refractivity contribution in [2.24, 2.45) is 0 Å². The van der Waals surface area contributed by atoms with E-state index in [4.69, 9.17) is 0 Å². The highest BCUT2D eigenvalue weighted by Gasteiger charge is 2.28. The molecule has 2 aliphatic heterocycles. The molecule has 1 N–H and O–H groups in total. The Labute approximate surface area is 199 Å². The molecule has 176 valence electrons. The lowest BCUT2D eigenvalue weighted by atomic mass is 9.99. The van der Waals surface area contributed by atoms with Crippen LogP contribution in [0.15, 0.2) is 41.2 Å². The highest BCUT2D eigenvalue weighted by molar-refractivity contribution is 7.24. The van der Waals surface area contributed by atoms with Crippen LogP contribution in [0.2, 0.25) is 0 Å². The standard InChI is InChI=1S/C26H26FN3O3S/c27-18-14-17-20(15-21(18)29-12-8-16(9-13-29)28-10-4-1-5-11-28)30-19-6-2-3-7-22(19)34-25(30)23(24(17)31)26(32)33/h2-3,6-7,14-16H,1,4-5,8-13H2,(H,32,33). The average Bonchev–Trinajstić information content (AvgIpc) is 3.23. The Bertz CT molecular complexity index is 1480. The van der Waals surface area contributed by atoms with Gasteiger partial charge in [0, 0.05) is 19.1 Å². The largest absolute Gasteiger partial charge is 0.477 e. The first-order valence-electron chi connectivity index (χ1n) is 11.9. The van der Waals surface area contributed by atoms with E-state index in [1.54, 1.807) is 6.07 Å². The topological polar surface area (TPSA) is 65.3 Å². The monoisotopic (exact) mass is 479 g/mol. The van der Waals surface area contributed by atoms with Crippen LogP contribution in [-0.4, -0.2) is 52.6 Å². The average molecular weight is 480 g/mol. The molecule has 4 aromatic rings. The number of halogens is 1. The molecule has 0 amide bonds. The first kappa shape index (κ1) is 21.6. The number of aromatic nitrogens is 1. The van der Waals surface area contributed by atoms with Crippen LogP contribution < -0.4 is 10.3 Å². The Morgan fingerprint density at radius 2 is 1.74 bits per heavy atom. The molecule has 2 aromatic carbocycles. The van der Waals surface area contributed by atoms with Crippen LogP contribution >= 0.6 is 11.3 Å². The third-order valence-corrected chi connectivity index (χ3v) is 8.58. The molecule has 0 unspecified atom stereocenters. The Morgan fingerprint density at radius 1 is 1.00 bits per heavy atom. The Morgan fingerprint density at radius 3 is 2.47 bits per heavy atom. The minimum absolute atomic E-state index is 0.0999. The number of carboxylic acids is 1. The van der Waals surface area contributed by atoms with Crippen LogP contribution in [0.4, 0.5) is 10.1 Å². The number of rotatable bonds is 3. The molecule has 0 saturated carbocycles. The number of hydrogen-bond acceptors (Lipinski definition) is 5. The summed E-state index contributed by atoms with van der Waals surface area (Å²) in [6.45, 7) is 3.85. The summed E-state index contributed by atoms with van der Waals surface area (Å²) in [5, 5.41) is 9.90. The Balaban J connectivity index is 1.47. The number of hydrogen-bond donors (Lipinski definition) is 1. The lowest BCUT2D eigenvalue weighted by molar-refractivity contribution is 0.0697. The first-order chi connectivity index (χ1) is 16.5. The van der Waals surface area contributed by atoms with Gasteiger partial charge < -0.3 is 14.9 Å². The second-order valence-corrected chi connectivity index (χ2v) is 10.4. The number of carboxylic acid groups (broad SMARTS) is 1. The van der Waals surface area contributed by atoms with E-state index in [0.717, 1.165) is 49.2 Å². The van der Waals surface area contributed by atoms with Crippen molar-refractivity contribution in [1.82, 2.24) is 9.30 Å². The third kappa shape index (κ3) is 3.39. The number of piperidine rings is 2. The van der Waals surface area contributed by atoms with Gasteiger partial charge in [-0.2, -0.15) is 0 Å². The van der Waals surface area contributed by atoms with Crippen molar-refractivity contribution in [3.63, 3.8) is 0 Å². The zero-order valence-corrected chi connectivity index (χ0v) is 19.6. The number of nitrogens with zero attached hydrogens (tertiary/aromatic N) is 3. The van der Waals surface area contributed by atoms with Gasteiger partial charge in [-0.25, -0.2) is 9.18 Å². The van der Waals surface area contributed by atoms with Crippen LogP contribution in [0.25, 0.3) is 25.9 Å². The molecule has 2 saturated heterocycles. The molecule has 0 bridgehead atoms. The van der Waals surface area contributed by atoms with Crippen LogP contribution in [0.5, 0.6) is 0 Å². The highest BCUT2D eigenvalue weighted by atomic mass is 32.1. The minimum Gasteiger partial charge on any atom is -0.477 e. The SMILES string of the molecule is O=C(O)c1c(=O)c2cc(F)c(N3CCC(N4CCCCC4)CC3)cc2n2c1sc1ccccc12. The van der Waals surface area contributed by atoms with E-state index in [1.807, 2.05) is 28.7 Å². The van der Waals surface area contributed by atoms with Gasteiger partial charge in [0.1, 0.15) is 16.2 Å². The minimum atomic E-state index is -1.29. The number of benzene rings is 2. The summed E-state index contributed by atoms with van der Waals surface area (Å²) in [4.78, 5) is 30.2. The summed E-state index contributed by atoms with van der Waals surface area (Å²) in [5.74, 6) is -1.77. The Kier molecular flexibility index (Phi) is 5.30. The molecule has 0 spiro atoms. The second-order valence-electron chi connectivity index (χ2n) is 9.36. The molecule has 2 fully saturated rings. The highest BCUT2D eigenvalue weighted by Crippen LogP contribution is 2.34. The van der Waals surface area contributed by atoms with Crippen molar-refractivity contribution in [2.45, 2.75) is 38.1 Å². The van der Waals surface area contributed by atoms with Crippen molar-refractivity contribution >= 4 is 48.9 Å². The van der Waals surface area contributed by atoms with E-state index in [9.17, 15) is 14.7 Å². The smallest absolute Gasteiger partial charge is 0.342 e. The number of para-hydroxylation sites is 1. The molecule has 2 aromatic heterocycles. The van der Waals surface area contributed by atoms with E-state index < -0.39 is 17.2 Å². The van der Waals surface area contributed by atoms with E-state index >= 15 is 4.39 Å². The van der Waals surface area contributed by atoms with Crippen LogP contribution in [0, 0.1) is 5.82 Å². The summed E-state index contributed by atoms with van der Waals surface area (Å²) in [6, 6.07) is 11.1. The van der Waals surface area contributed by atoms with Crippen molar-refractivity contribution in [1.29, 1.82) is 0 Å². The fourth-order valence-electron chi connectivity index (χ4n) is 5.73. The summed E-state index contributed by atoms with van der Waals surface area (Å²) in [6.07, 6.45) is 5.82. The number of fused-ring (bicyclic) bond motifs is 5. The molecule has 0 aliphatic carbocycles. The Hall–Kier alpha value is -2.97. The van der Waals surface area contributed by atoms with Gasteiger partial charge in [0.15, 0.2) is 0 Å². The normalized spacial score (nSPS) is 18.3. The summed E-state index contributed by atoms with van der Waals surface area (Å²) < 4.78 is 18.1. The van der Waals surface area contributed by atoms with Crippen molar-refractivity contribution in [3.05, 3.63) is 58.0 Å². The molecule has 2 aliphatic rings. The van der Waals surface area contributed by atoms with Crippen molar-refractivity contribution < 1.29 is 14.3 Å². The maximum absolute atomic E-state index is 15.4. The van der Waals surface area contributed by atoms with Crippen molar-refractivity contribution in [2.75, 3.05) is 31.1 Å². The zero-order valence-electron chi connectivity index (χ0n) is 18.8. The fraction of sp³-hybridized carbons (Fsp3) is 0.385. The number of anilines is 1. The van der Waals surface area contributed by atoms with Crippen LogP contribution in [0.1, 0.15) is 42.5 Å². The fourth-order valence-corrected chi connectivity index (χ4v) is 6.91. The third-order valence-electron chi connectivity index (χ3n) is 7.43. The maximum Gasteiger partial charge on any atom is 0.342 e. The number of pyridine rings is 1. The lowest BCUT2D eigenvalue weighted by Crippen LogP contribution is -2.47. The molecule has 6 nitrogen and oxygen atoms in total. The number of thiazole rings is 1. The molecule has 0 atom stereocenters. The molecular weight excluding hydrogens is 453 g/mol. The molecule has 34 heavy (non-hydrogen) atoms. The van der Waals surface area contributed by atoms with Crippen LogP contribution in [0.3, 0.4) is 0 Å². The molecule has 4 heterocycles. The summed E-state index contributed by atoms with van der Waals surface area (Å²) in [5.41, 5.74) is 0.913. The summed E-state index contributed by atoms with van der Waals surface area (Å²) >= 11 is 1.28. The van der Waals surface area contributed by atoms with Gasteiger partial charge in [0.2, 0.25) is 5.43 Å². The first-order valence-corrected chi connectivity index (χ1v) is 12.8. The van der Waals surface area contributed by atoms with E-state index in [1.165, 1.54) is 36.7 Å². The van der Waals surface area contributed by atoms with Gasteiger partial charge in [-0.05, 0) is 63.0 Å². The van der Waals surface area contributed by atoms with E-state index in [2.05, 4.69) is 9.80 Å². The van der Waals surface area contributed by atoms with Gasteiger partial charge >= 0.3 is 5.97 Å². The van der Waals surface area contributed by atoms with Gasteiger partial charge in [0.25, 0.3) is 0 Å². The van der Waals surface area contributed by atoms with Gasteiger partial charge in [-0.15, -0.1) is 11.3 Å². The number of likely N-dealkylation sites (tertiary alicyclic amines) is 1. The quantitative estimate of drug-likeness (QED) is 0.450. The lowest BCUT2D eigenvalue weighted by Gasteiger charge is -2.41. The predicted octanol–water partition coefficient (Wildman–Crippen LogP) is 4.96. The van der Waals surface area contributed by atoms with E-state index in [0.29, 0.717) is 22.1 Å². The summed E-state index contributed by atoms with van der Waals surface area (Å²) in [7, 11) is 0. The van der Waals surface area contributed by atoms with E-state index in [-0.39, 0.29) is 10.9 Å². The molecule has 0 radical (unpaired) electrons. The van der Waals surface area contributed by atoms with Gasteiger partial charge in [-0.3, -0.25) is 9.20 Å². The second kappa shape index (κ2) is 8.36. The van der Waals surface area contributed by atoms with Gasteiger partial charge in [-0.1, -0.05) is 18.6 Å². The number of carbonyl (C=O) groups is 1. The van der Waals surface area contributed by atoms with Crippen molar-refractivity contribution in [3.8, 4) is 0 Å². The molecule has 8 heteroatoms. The number of aromatic carboxylic acids is 1.